The van der Waals surface area contributed by atoms with Gasteiger partial charge in [0.25, 0.3) is 0 Å². The molecule has 0 aromatic rings. The summed E-state index contributed by atoms with van der Waals surface area (Å²) in [6.45, 7) is 16.7. The fourth-order valence-electron chi connectivity index (χ4n) is 4.32. The third-order valence-electron chi connectivity index (χ3n) is 7.37. The van der Waals surface area contributed by atoms with Crippen LogP contribution in [-0.4, -0.2) is 60.6 Å². The van der Waals surface area contributed by atoms with Gasteiger partial charge < -0.3 is 9.47 Å². The smallest absolute Gasteiger partial charge is 0.305 e. The Morgan fingerprint density at radius 3 is 0.830 bits per heavy atom. The first kappa shape index (κ1) is 56.8. The summed E-state index contributed by atoms with van der Waals surface area (Å²) < 4.78 is 9.88. The van der Waals surface area contributed by atoms with Crippen LogP contribution in [0.15, 0.2) is 0 Å². The number of hydrogen-bond acceptors (Lipinski definition) is 4. The van der Waals surface area contributed by atoms with Gasteiger partial charge in [-0.25, -0.2) is 0 Å². The maximum Gasteiger partial charge on any atom is 0.305 e. The van der Waals surface area contributed by atoms with Crippen molar-refractivity contribution in [1.29, 1.82) is 0 Å². The predicted octanol–water partition coefficient (Wildman–Crippen LogP) is 13.7. The van der Waals surface area contributed by atoms with Crippen LogP contribution in [0.1, 0.15) is 207 Å². The Morgan fingerprint density at radius 1 is 0.426 bits per heavy atom. The van der Waals surface area contributed by atoms with E-state index in [1.807, 2.05) is 0 Å². The molecule has 0 N–H and O–H groups in total. The fourth-order valence-corrected chi connectivity index (χ4v) is 4.49. The minimum atomic E-state index is -0.0826. The van der Waals surface area contributed by atoms with E-state index in [0.29, 0.717) is 37.6 Å². The molecule has 0 aromatic heterocycles. The first-order chi connectivity index (χ1) is 22.4. The molecular formula is C40H80O4S2Sn. The molecular weight excluding hydrogens is 727 g/mol. The Hall–Kier alpha value is 0.439. The average Bonchev–Trinajstić information content (AvgIpc) is 3.08. The molecule has 0 rings (SSSR count). The average molecular weight is 808 g/mol. The van der Waals surface area contributed by atoms with Gasteiger partial charge in [-0.3, -0.25) is 9.59 Å². The van der Waals surface area contributed by atoms with Crippen molar-refractivity contribution in [2.45, 2.75) is 207 Å². The van der Waals surface area contributed by atoms with Crippen LogP contribution in [0.2, 0.25) is 0 Å². The van der Waals surface area contributed by atoms with E-state index in [1.165, 1.54) is 128 Å². The van der Waals surface area contributed by atoms with E-state index in [9.17, 15) is 9.59 Å². The van der Waals surface area contributed by atoms with E-state index in [-0.39, 0.29) is 35.8 Å². The van der Waals surface area contributed by atoms with Crippen LogP contribution < -0.4 is 0 Å². The third kappa shape index (κ3) is 69.1. The van der Waals surface area contributed by atoms with Crippen LogP contribution in [0.25, 0.3) is 0 Å². The maximum atomic E-state index is 11.2. The topological polar surface area (TPSA) is 52.6 Å². The van der Waals surface area contributed by atoms with Gasteiger partial charge in [-0.2, -0.15) is 0 Å². The molecule has 0 spiro atoms. The molecule has 0 aliphatic heterocycles. The molecule has 0 atom stereocenters. The molecule has 8 radical (unpaired) electrons. The quantitative estimate of drug-likeness (QED) is 0.0412. The molecule has 0 heterocycles. The van der Waals surface area contributed by atoms with Crippen molar-refractivity contribution in [2.24, 2.45) is 0 Å². The van der Waals surface area contributed by atoms with E-state index in [1.54, 1.807) is 0 Å². The molecule has 0 aliphatic rings. The van der Waals surface area contributed by atoms with E-state index in [0.717, 1.165) is 38.5 Å². The second-order valence-corrected chi connectivity index (χ2v) is 12.9. The normalized spacial score (nSPS) is 9.87. The fraction of sp³-hybridized carbons (Fsp3) is 0.900. The van der Waals surface area contributed by atoms with E-state index in [4.69, 9.17) is 34.7 Å². The summed E-state index contributed by atoms with van der Waals surface area (Å²) >= 11 is 9.44. The molecule has 0 unspecified atom stereocenters. The van der Waals surface area contributed by atoms with E-state index in [2.05, 4.69) is 41.5 Å². The molecule has 0 fully saturated rings. The monoisotopic (exact) mass is 808 g/mol. The summed E-state index contributed by atoms with van der Waals surface area (Å²) in [5, 5.41) is 0. The maximum absolute atomic E-state index is 11.2. The zero-order valence-corrected chi connectivity index (χ0v) is 36.5. The van der Waals surface area contributed by atoms with Gasteiger partial charge in [0.2, 0.25) is 0 Å². The number of ether oxygens (including phenoxy) is 2. The zero-order chi connectivity index (χ0) is 35.2. The summed E-state index contributed by atoms with van der Waals surface area (Å²) in [5.74, 6) is 0.843. The second kappa shape index (κ2) is 58.6. The van der Waals surface area contributed by atoms with Gasteiger partial charge in [-0.1, -0.05) is 221 Å². The number of unbranched alkanes of at least 4 members (excludes halogenated alkanes) is 22. The van der Waals surface area contributed by atoms with Crippen molar-refractivity contribution in [3.05, 3.63) is 13.8 Å². The first-order valence-corrected chi connectivity index (χ1v) is 20.7. The van der Waals surface area contributed by atoms with Crippen molar-refractivity contribution in [3.8, 4) is 0 Å². The van der Waals surface area contributed by atoms with Crippen LogP contribution in [0, 0.1) is 13.8 Å². The van der Waals surface area contributed by atoms with Crippen molar-refractivity contribution in [2.75, 3.05) is 24.7 Å². The van der Waals surface area contributed by atoms with Crippen LogP contribution in [-0.2, 0) is 19.1 Å². The molecule has 0 aliphatic carbocycles. The summed E-state index contributed by atoms with van der Waals surface area (Å²) in [6.07, 6.45) is 34.4. The van der Waals surface area contributed by atoms with Crippen molar-refractivity contribution >= 4 is 61.1 Å². The minimum absolute atomic E-state index is 0. The van der Waals surface area contributed by atoms with Crippen LogP contribution in [0.5, 0.6) is 0 Å². The number of carbonyl (C=O) groups excluding carboxylic acids is 2. The van der Waals surface area contributed by atoms with Crippen LogP contribution in [0.4, 0.5) is 0 Å². The number of carbonyl (C=O) groups is 2. The Balaban J connectivity index is -0.000000200. The molecule has 47 heavy (non-hydrogen) atoms. The standard InChI is InChI=1S/2C16H31O2S.2C4H9.Sn/c2*1-2-3-4-5-6-7-8-9-10-11-12-13-16(17)18-14-15-19;2*1-3-4-2;/h2*2-15H2,1H3;2*1,3-4H2,2H3;. The molecule has 0 amide bonds. The van der Waals surface area contributed by atoms with Gasteiger partial charge in [0, 0.05) is 48.3 Å². The minimum Gasteiger partial charge on any atom is -0.465 e. The van der Waals surface area contributed by atoms with Crippen LogP contribution in [0.3, 0.4) is 0 Å². The van der Waals surface area contributed by atoms with Crippen LogP contribution >= 0.6 is 25.3 Å². The zero-order valence-electron chi connectivity index (χ0n) is 32.0. The largest absolute Gasteiger partial charge is 0.465 e. The van der Waals surface area contributed by atoms with Gasteiger partial charge in [-0.15, -0.1) is 0 Å². The van der Waals surface area contributed by atoms with E-state index >= 15 is 0 Å². The van der Waals surface area contributed by atoms with Crippen molar-refractivity contribution in [1.82, 2.24) is 0 Å². The molecule has 7 heteroatoms. The third-order valence-corrected chi connectivity index (χ3v) is 7.70. The molecule has 280 valence electrons. The number of rotatable bonds is 30. The van der Waals surface area contributed by atoms with Gasteiger partial charge in [0.1, 0.15) is 13.2 Å². The Kier molecular flexibility index (Phi) is 70.9. The van der Waals surface area contributed by atoms with Crippen molar-refractivity contribution in [3.63, 3.8) is 0 Å². The summed E-state index contributed by atoms with van der Waals surface area (Å²) in [4.78, 5) is 22.4. The Labute approximate surface area is 324 Å². The van der Waals surface area contributed by atoms with Gasteiger partial charge in [-0.05, 0) is 12.8 Å². The number of hydrogen-bond donors (Lipinski definition) is 0. The Bertz CT molecular complexity index is 488. The molecule has 0 saturated carbocycles. The van der Waals surface area contributed by atoms with E-state index < -0.39 is 0 Å². The first-order valence-electron chi connectivity index (χ1n) is 19.5. The SMILES string of the molecule is CCCCCCCCCCCCCC(=O)OCC[S].CCCCCCCCCCCCCC(=O)OCC[S].[CH2]CCC.[CH2]CCC.[Sn]. The predicted molar refractivity (Wildman–Crippen MR) is 215 cm³/mol. The molecule has 0 aromatic carbocycles. The summed E-state index contributed by atoms with van der Waals surface area (Å²) in [5.41, 5.74) is 0. The van der Waals surface area contributed by atoms with Gasteiger partial charge >= 0.3 is 11.9 Å². The summed E-state index contributed by atoms with van der Waals surface area (Å²) in [6, 6.07) is 0. The van der Waals surface area contributed by atoms with Gasteiger partial charge in [0.05, 0.1) is 0 Å². The Morgan fingerprint density at radius 2 is 0.638 bits per heavy atom. The van der Waals surface area contributed by atoms with Crippen molar-refractivity contribution < 1.29 is 19.1 Å². The summed E-state index contributed by atoms with van der Waals surface area (Å²) in [7, 11) is 0. The molecule has 0 saturated heterocycles. The van der Waals surface area contributed by atoms with Gasteiger partial charge in [0.15, 0.2) is 0 Å². The molecule has 0 bridgehead atoms. The number of esters is 2. The molecule has 4 nitrogen and oxygen atoms in total. The second-order valence-electron chi connectivity index (χ2n) is 12.1.